The lowest BCUT2D eigenvalue weighted by atomic mass is 9.94. The Morgan fingerprint density at radius 3 is 2.65 bits per heavy atom. The summed E-state index contributed by atoms with van der Waals surface area (Å²) < 4.78 is 0. The zero-order valence-electron chi connectivity index (χ0n) is 10.3. The van der Waals surface area contributed by atoms with Gasteiger partial charge in [0.05, 0.1) is 5.92 Å². The number of carbonyl (C=O) groups excluding carboxylic acids is 1. The van der Waals surface area contributed by atoms with Gasteiger partial charge in [0.1, 0.15) is 0 Å². The third-order valence-corrected chi connectivity index (χ3v) is 2.67. The number of benzene rings is 1. The summed E-state index contributed by atoms with van der Waals surface area (Å²) in [6.07, 6.45) is 2.33. The van der Waals surface area contributed by atoms with Gasteiger partial charge in [0.15, 0.2) is 0 Å². The Hall–Kier alpha value is -1.61. The summed E-state index contributed by atoms with van der Waals surface area (Å²) in [5, 5.41) is 2.82. The van der Waals surface area contributed by atoms with Gasteiger partial charge in [0.2, 0.25) is 5.91 Å². The van der Waals surface area contributed by atoms with Crippen LogP contribution in [0.15, 0.2) is 36.9 Å². The number of hydrogen-bond donors (Lipinski definition) is 2. The van der Waals surface area contributed by atoms with E-state index in [1.165, 1.54) is 5.56 Å². The molecule has 3 N–H and O–H groups in total. The van der Waals surface area contributed by atoms with Gasteiger partial charge < -0.3 is 11.1 Å². The molecule has 0 saturated heterocycles. The quantitative estimate of drug-likeness (QED) is 0.734. The van der Waals surface area contributed by atoms with Crippen LogP contribution in [0.4, 0.5) is 0 Å². The lowest BCUT2D eigenvalue weighted by Crippen LogP contribution is -2.30. The van der Waals surface area contributed by atoms with Crippen molar-refractivity contribution in [2.45, 2.75) is 19.3 Å². The van der Waals surface area contributed by atoms with Crippen molar-refractivity contribution in [2.24, 2.45) is 5.73 Å². The molecule has 1 unspecified atom stereocenters. The first kappa shape index (κ1) is 13.5. The number of nitrogens with one attached hydrogen (secondary N) is 1. The molecule has 0 aliphatic carbocycles. The third-order valence-electron chi connectivity index (χ3n) is 2.67. The molecule has 0 aliphatic heterocycles. The van der Waals surface area contributed by atoms with Gasteiger partial charge in [-0.1, -0.05) is 35.9 Å². The summed E-state index contributed by atoms with van der Waals surface area (Å²) in [4.78, 5) is 12.0. The van der Waals surface area contributed by atoms with E-state index in [0.717, 1.165) is 5.56 Å². The number of amides is 1. The van der Waals surface area contributed by atoms with E-state index < -0.39 is 0 Å². The smallest absolute Gasteiger partial charge is 0.227 e. The average molecular weight is 232 g/mol. The Morgan fingerprint density at radius 1 is 1.47 bits per heavy atom. The normalized spacial score (nSPS) is 11.9. The Kier molecular flexibility index (Phi) is 5.43. The van der Waals surface area contributed by atoms with E-state index in [2.05, 4.69) is 11.9 Å². The molecule has 1 aromatic rings. The SMILES string of the molecule is C=CCNC(=O)C(CCN)c1ccc(C)cc1. The molecule has 17 heavy (non-hydrogen) atoms. The fourth-order valence-corrected chi connectivity index (χ4v) is 1.71. The number of hydrogen-bond acceptors (Lipinski definition) is 2. The van der Waals surface area contributed by atoms with Crippen LogP contribution in [-0.4, -0.2) is 19.0 Å². The molecule has 1 aromatic carbocycles. The van der Waals surface area contributed by atoms with Crippen LogP contribution in [0, 0.1) is 6.92 Å². The van der Waals surface area contributed by atoms with Crippen molar-refractivity contribution in [2.75, 3.05) is 13.1 Å². The summed E-state index contributed by atoms with van der Waals surface area (Å²) in [5.74, 6) is -0.153. The average Bonchev–Trinajstić information content (AvgIpc) is 2.34. The van der Waals surface area contributed by atoms with Crippen LogP contribution in [-0.2, 0) is 4.79 Å². The van der Waals surface area contributed by atoms with E-state index in [4.69, 9.17) is 5.73 Å². The minimum Gasteiger partial charge on any atom is -0.352 e. The first-order valence-electron chi connectivity index (χ1n) is 5.84. The molecule has 92 valence electrons. The van der Waals surface area contributed by atoms with Gasteiger partial charge in [-0.15, -0.1) is 6.58 Å². The number of aryl methyl sites for hydroxylation is 1. The summed E-state index contributed by atoms with van der Waals surface area (Å²) in [6, 6.07) is 8.01. The maximum atomic E-state index is 12.0. The van der Waals surface area contributed by atoms with Crippen molar-refractivity contribution < 1.29 is 4.79 Å². The van der Waals surface area contributed by atoms with E-state index in [1.54, 1.807) is 6.08 Å². The highest BCUT2D eigenvalue weighted by Gasteiger charge is 2.18. The molecule has 3 nitrogen and oxygen atoms in total. The van der Waals surface area contributed by atoms with Crippen molar-refractivity contribution >= 4 is 5.91 Å². The largest absolute Gasteiger partial charge is 0.352 e. The second-order valence-electron chi connectivity index (χ2n) is 4.07. The molecule has 0 saturated carbocycles. The third kappa shape index (κ3) is 4.04. The van der Waals surface area contributed by atoms with E-state index in [-0.39, 0.29) is 11.8 Å². The van der Waals surface area contributed by atoms with Gasteiger partial charge in [-0.05, 0) is 25.5 Å². The molecule has 3 heteroatoms. The maximum Gasteiger partial charge on any atom is 0.227 e. The van der Waals surface area contributed by atoms with Gasteiger partial charge >= 0.3 is 0 Å². The van der Waals surface area contributed by atoms with Gasteiger partial charge in [0.25, 0.3) is 0 Å². The van der Waals surface area contributed by atoms with E-state index in [9.17, 15) is 4.79 Å². The van der Waals surface area contributed by atoms with Gasteiger partial charge in [-0.3, -0.25) is 4.79 Å². The lowest BCUT2D eigenvalue weighted by molar-refractivity contribution is -0.122. The molecule has 1 rings (SSSR count). The monoisotopic (exact) mass is 232 g/mol. The van der Waals surface area contributed by atoms with Crippen LogP contribution in [0.2, 0.25) is 0 Å². The number of nitrogens with two attached hydrogens (primary N) is 1. The minimum absolute atomic E-state index is 0.0132. The molecular formula is C14H20N2O. The number of rotatable bonds is 6. The first-order valence-corrected chi connectivity index (χ1v) is 5.84. The predicted molar refractivity (Wildman–Crippen MR) is 70.8 cm³/mol. The molecule has 0 bridgehead atoms. The highest BCUT2D eigenvalue weighted by Crippen LogP contribution is 2.19. The second-order valence-corrected chi connectivity index (χ2v) is 4.07. The fraction of sp³-hybridized carbons (Fsp3) is 0.357. The van der Waals surface area contributed by atoms with Gasteiger partial charge in [-0.2, -0.15) is 0 Å². The van der Waals surface area contributed by atoms with Crippen LogP contribution in [0.1, 0.15) is 23.5 Å². The molecule has 0 aliphatic rings. The van der Waals surface area contributed by atoms with E-state index >= 15 is 0 Å². The molecule has 1 amide bonds. The van der Waals surface area contributed by atoms with E-state index in [0.29, 0.717) is 19.5 Å². The first-order chi connectivity index (χ1) is 8.19. The van der Waals surface area contributed by atoms with Crippen molar-refractivity contribution in [3.05, 3.63) is 48.0 Å². The fourth-order valence-electron chi connectivity index (χ4n) is 1.71. The standard InChI is InChI=1S/C14H20N2O/c1-3-10-16-14(17)13(8-9-15)12-6-4-11(2)5-7-12/h3-7,13H,1,8-10,15H2,2H3,(H,16,17). The van der Waals surface area contributed by atoms with Crippen LogP contribution in [0.3, 0.4) is 0 Å². The Bertz CT molecular complexity index is 370. The summed E-state index contributed by atoms with van der Waals surface area (Å²) >= 11 is 0. The second kappa shape index (κ2) is 6.86. The molecule has 0 heterocycles. The van der Waals surface area contributed by atoms with Gasteiger partial charge in [0, 0.05) is 6.54 Å². The van der Waals surface area contributed by atoms with Crippen molar-refractivity contribution in [1.29, 1.82) is 0 Å². The molecule has 0 spiro atoms. The van der Waals surface area contributed by atoms with Crippen LogP contribution in [0.5, 0.6) is 0 Å². The summed E-state index contributed by atoms with van der Waals surface area (Å²) in [6.45, 7) is 6.60. The van der Waals surface area contributed by atoms with Crippen LogP contribution >= 0.6 is 0 Å². The zero-order valence-corrected chi connectivity index (χ0v) is 10.3. The summed E-state index contributed by atoms with van der Waals surface area (Å²) in [5.41, 5.74) is 7.77. The Balaban J connectivity index is 2.80. The summed E-state index contributed by atoms with van der Waals surface area (Å²) in [7, 11) is 0. The van der Waals surface area contributed by atoms with Crippen LogP contribution in [0.25, 0.3) is 0 Å². The topological polar surface area (TPSA) is 55.1 Å². The van der Waals surface area contributed by atoms with Crippen LogP contribution < -0.4 is 11.1 Å². The molecule has 0 aromatic heterocycles. The minimum atomic E-state index is -0.166. The number of carbonyl (C=O) groups is 1. The Labute approximate surface area is 103 Å². The van der Waals surface area contributed by atoms with E-state index in [1.807, 2.05) is 31.2 Å². The highest BCUT2D eigenvalue weighted by atomic mass is 16.1. The van der Waals surface area contributed by atoms with Crippen molar-refractivity contribution in [1.82, 2.24) is 5.32 Å². The van der Waals surface area contributed by atoms with Crippen molar-refractivity contribution in [3.8, 4) is 0 Å². The van der Waals surface area contributed by atoms with Gasteiger partial charge in [-0.25, -0.2) is 0 Å². The highest BCUT2D eigenvalue weighted by molar-refractivity contribution is 5.83. The molecule has 0 fully saturated rings. The molecular weight excluding hydrogens is 212 g/mol. The predicted octanol–water partition coefficient (Wildman–Crippen LogP) is 1.73. The van der Waals surface area contributed by atoms with Crippen molar-refractivity contribution in [3.63, 3.8) is 0 Å². The maximum absolute atomic E-state index is 12.0. The molecule has 0 radical (unpaired) electrons. The lowest BCUT2D eigenvalue weighted by Gasteiger charge is -2.16. The zero-order chi connectivity index (χ0) is 12.7. The molecule has 1 atom stereocenters. The Morgan fingerprint density at radius 2 is 2.12 bits per heavy atom.